The highest BCUT2D eigenvalue weighted by Gasteiger charge is 2.19. The topological polar surface area (TPSA) is 50.1 Å². The zero-order valence-electron chi connectivity index (χ0n) is 12.5. The number of thiophene rings is 1. The SMILES string of the molecule is CN1CCN(c2ncnc3c2cnn3Cc2cccs2)CC1. The maximum atomic E-state index is 4.52. The molecule has 0 aliphatic carbocycles. The smallest absolute Gasteiger partial charge is 0.163 e. The molecule has 1 aliphatic heterocycles. The largest absolute Gasteiger partial charge is 0.353 e. The van der Waals surface area contributed by atoms with Crippen molar-refractivity contribution in [2.45, 2.75) is 6.54 Å². The van der Waals surface area contributed by atoms with Crippen molar-refractivity contribution < 1.29 is 0 Å². The van der Waals surface area contributed by atoms with Crippen LogP contribution >= 0.6 is 11.3 Å². The van der Waals surface area contributed by atoms with Crippen LogP contribution < -0.4 is 4.90 Å². The molecule has 0 aromatic carbocycles. The third kappa shape index (κ3) is 2.46. The molecular weight excluding hydrogens is 296 g/mol. The Bertz CT molecular complexity index is 758. The number of likely N-dealkylation sites (N-methyl/N-ethyl adjacent to an activating group) is 1. The predicted octanol–water partition coefficient (Wildman–Crippen LogP) is 1.69. The van der Waals surface area contributed by atoms with Gasteiger partial charge >= 0.3 is 0 Å². The van der Waals surface area contributed by atoms with Gasteiger partial charge < -0.3 is 9.80 Å². The molecule has 22 heavy (non-hydrogen) atoms. The van der Waals surface area contributed by atoms with Gasteiger partial charge in [-0.15, -0.1) is 11.3 Å². The van der Waals surface area contributed by atoms with Crippen LogP contribution in [0.1, 0.15) is 4.88 Å². The molecule has 114 valence electrons. The fourth-order valence-corrected chi connectivity index (χ4v) is 3.50. The van der Waals surface area contributed by atoms with Crippen molar-refractivity contribution in [2.24, 2.45) is 0 Å². The predicted molar refractivity (Wildman–Crippen MR) is 88.5 cm³/mol. The van der Waals surface area contributed by atoms with Crippen LogP contribution in [0.2, 0.25) is 0 Å². The third-order valence-corrected chi connectivity index (χ3v) is 4.96. The summed E-state index contributed by atoms with van der Waals surface area (Å²) in [6, 6.07) is 4.19. The van der Waals surface area contributed by atoms with Crippen LogP contribution in [-0.4, -0.2) is 57.9 Å². The van der Waals surface area contributed by atoms with Crippen molar-refractivity contribution in [3.8, 4) is 0 Å². The molecule has 0 radical (unpaired) electrons. The molecule has 0 atom stereocenters. The van der Waals surface area contributed by atoms with E-state index in [1.807, 2.05) is 10.9 Å². The van der Waals surface area contributed by atoms with E-state index in [1.165, 1.54) is 4.88 Å². The maximum Gasteiger partial charge on any atom is 0.163 e. The Morgan fingerprint density at radius 1 is 1.18 bits per heavy atom. The highest BCUT2D eigenvalue weighted by Crippen LogP contribution is 2.24. The number of hydrogen-bond acceptors (Lipinski definition) is 6. The molecule has 0 unspecified atom stereocenters. The highest BCUT2D eigenvalue weighted by atomic mass is 32.1. The first kappa shape index (κ1) is 13.7. The molecule has 6 nitrogen and oxygen atoms in total. The summed E-state index contributed by atoms with van der Waals surface area (Å²) >= 11 is 1.74. The summed E-state index contributed by atoms with van der Waals surface area (Å²) in [6.07, 6.45) is 3.55. The van der Waals surface area contributed by atoms with E-state index in [0.29, 0.717) is 0 Å². The van der Waals surface area contributed by atoms with Gasteiger partial charge in [0.05, 0.1) is 18.1 Å². The minimum absolute atomic E-state index is 0.764. The Labute approximate surface area is 133 Å². The van der Waals surface area contributed by atoms with Crippen molar-refractivity contribution in [3.63, 3.8) is 0 Å². The van der Waals surface area contributed by atoms with Gasteiger partial charge in [0, 0.05) is 31.1 Å². The summed E-state index contributed by atoms with van der Waals surface area (Å²) in [5.41, 5.74) is 0.914. The van der Waals surface area contributed by atoms with Crippen LogP contribution in [0.3, 0.4) is 0 Å². The molecule has 0 spiro atoms. The van der Waals surface area contributed by atoms with Gasteiger partial charge in [0.25, 0.3) is 0 Å². The standard InChI is InChI=1S/C15H18N6S/c1-19-4-6-20(7-5-19)14-13-9-18-21(15(13)17-11-16-14)10-12-3-2-8-22-12/h2-3,8-9,11H,4-7,10H2,1H3. The third-order valence-electron chi connectivity index (χ3n) is 4.10. The summed E-state index contributed by atoms with van der Waals surface area (Å²) in [7, 11) is 2.16. The van der Waals surface area contributed by atoms with Gasteiger partial charge in [-0.2, -0.15) is 5.10 Å². The quantitative estimate of drug-likeness (QED) is 0.736. The Morgan fingerprint density at radius 3 is 2.82 bits per heavy atom. The fourth-order valence-electron chi connectivity index (χ4n) is 2.82. The fraction of sp³-hybridized carbons (Fsp3) is 0.400. The van der Waals surface area contributed by atoms with Crippen LogP contribution in [0.25, 0.3) is 11.0 Å². The van der Waals surface area contributed by atoms with Gasteiger partial charge in [0.15, 0.2) is 5.65 Å². The second-order valence-electron chi connectivity index (χ2n) is 5.61. The van der Waals surface area contributed by atoms with E-state index in [4.69, 9.17) is 0 Å². The van der Waals surface area contributed by atoms with Crippen molar-refractivity contribution in [3.05, 3.63) is 34.9 Å². The molecule has 0 bridgehead atoms. The molecular formula is C15H18N6S. The first-order valence-corrected chi connectivity index (χ1v) is 8.31. The Balaban J connectivity index is 1.67. The molecule has 1 fully saturated rings. The number of nitrogens with zero attached hydrogens (tertiary/aromatic N) is 6. The Morgan fingerprint density at radius 2 is 2.05 bits per heavy atom. The summed E-state index contributed by atoms with van der Waals surface area (Å²) in [5.74, 6) is 1.01. The van der Waals surface area contributed by atoms with Crippen LogP contribution in [-0.2, 0) is 6.54 Å². The molecule has 3 aromatic heterocycles. The van der Waals surface area contributed by atoms with E-state index in [2.05, 4.69) is 49.4 Å². The molecule has 4 rings (SSSR count). The average molecular weight is 314 g/mol. The number of rotatable bonds is 3. The minimum atomic E-state index is 0.764. The summed E-state index contributed by atoms with van der Waals surface area (Å²) < 4.78 is 1.96. The summed E-state index contributed by atoms with van der Waals surface area (Å²) in [6.45, 7) is 4.89. The van der Waals surface area contributed by atoms with Gasteiger partial charge in [-0.3, -0.25) is 0 Å². The maximum absolute atomic E-state index is 4.52. The van der Waals surface area contributed by atoms with Crippen molar-refractivity contribution in [1.29, 1.82) is 0 Å². The van der Waals surface area contributed by atoms with E-state index < -0.39 is 0 Å². The molecule has 0 amide bonds. The van der Waals surface area contributed by atoms with Crippen molar-refractivity contribution in [2.75, 3.05) is 38.1 Å². The lowest BCUT2D eigenvalue weighted by Gasteiger charge is -2.33. The van der Waals surface area contributed by atoms with E-state index in [1.54, 1.807) is 17.7 Å². The molecule has 3 aromatic rings. The molecule has 1 saturated heterocycles. The van der Waals surface area contributed by atoms with Gasteiger partial charge in [0.2, 0.25) is 0 Å². The minimum Gasteiger partial charge on any atom is -0.353 e. The van der Waals surface area contributed by atoms with Crippen molar-refractivity contribution >= 4 is 28.2 Å². The molecule has 4 heterocycles. The van der Waals surface area contributed by atoms with Crippen LogP contribution in [0, 0.1) is 0 Å². The van der Waals surface area contributed by atoms with Crippen LogP contribution in [0.15, 0.2) is 30.0 Å². The number of anilines is 1. The van der Waals surface area contributed by atoms with Gasteiger partial charge in [-0.25, -0.2) is 14.6 Å². The molecule has 7 heteroatoms. The average Bonchev–Trinajstić information content (AvgIpc) is 3.19. The zero-order chi connectivity index (χ0) is 14.9. The van der Waals surface area contributed by atoms with Gasteiger partial charge in [-0.05, 0) is 18.5 Å². The van der Waals surface area contributed by atoms with Gasteiger partial charge in [0.1, 0.15) is 12.1 Å². The van der Waals surface area contributed by atoms with Crippen molar-refractivity contribution in [1.82, 2.24) is 24.6 Å². The van der Waals surface area contributed by atoms with E-state index in [-0.39, 0.29) is 0 Å². The number of piperazine rings is 1. The summed E-state index contributed by atoms with van der Waals surface area (Å²) in [4.78, 5) is 14.9. The zero-order valence-corrected chi connectivity index (χ0v) is 13.3. The number of aromatic nitrogens is 4. The van der Waals surface area contributed by atoms with E-state index in [9.17, 15) is 0 Å². The van der Waals surface area contributed by atoms with Gasteiger partial charge in [-0.1, -0.05) is 6.07 Å². The Hall–Kier alpha value is -1.99. The van der Waals surface area contributed by atoms with Crippen LogP contribution in [0.5, 0.6) is 0 Å². The second-order valence-corrected chi connectivity index (χ2v) is 6.64. The number of fused-ring (bicyclic) bond motifs is 1. The molecule has 0 N–H and O–H groups in total. The highest BCUT2D eigenvalue weighted by molar-refractivity contribution is 7.09. The lowest BCUT2D eigenvalue weighted by atomic mass is 10.3. The first-order valence-electron chi connectivity index (χ1n) is 7.43. The molecule has 0 saturated carbocycles. The van der Waals surface area contributed by atoms with E-state index >= 15 is 0 Å². The lowest BCUT2D eigenvalue weighted by molar-refractivity contribution is 0.312. The second kappa shape index (κ2) is 5.66. The Kier molecular flexibility index (Phi) is 3.51. The molecule has 1 aliphatic rings. The lowest BCUT2D eigenvalue weighted by Crippen LogP contribution is -2.44. The summed E-state index contributed by atoms with van der Waals surface area (Å²) in [5, 5.41) is 7.66. The monoisotopic (exact) mass is 314 g/mol. The number of hydrogen-bond donors (Lipinski definition) is 0. The first-order chi connectivity index (χ1) is 10.8. The normalized spacial score (nSPS) is 16.5. The van der Waals surface area contributed by atoms with Crippen LogP contribution in [0.4, 0.5) is 5.82 Å². The van der Waals surface area contributed by atoms with E-state index in [0.717, 1.165) is 49.6 Å².